The number of ether oxygens (including phenoxy) is 1. The van der Waals surface area contributed by atoms with E-state index in [2.05, 4.69) is 5.32 Å². The van der Waals surface area contributed by atoms with Gasteiger partial charge in [-0.05, 0) is 44.2 Å². The molecule has 1 aliphatic rings. The lowest BCUT2D eigenvalue weighted by Gasteiger charge is -2.22. The second kappa shape index (κ2) is 6.83. The van der Waals surface area contributed by atoms with Gasteiger partial charge in [0.05, 0.1) is 6.61 Å². The fraction of sp³-hybridized carbons (Fsp3) is 0.917. The monoisotopic (exact) mass is 213 g/mol. The van der Waals surface area contributed by atoms with E-state index in [1.165, 1.54) is 12.8 Å². The number of rotatable bonds is 5. The van der Waals surface area contributed by atoms with Crippen LogP contribution < -0.4 is 5.32 Å². The summed E-state index contributed by atoms with van der Waals surface area (Å²) in [5.41, 5.74) is 0. The van der Waals surface area contributed by atoms with Crippen molar-refractivity contribution in [3.8, 4) is 0 Å². The minimum absolute atomic E-state index is 0.0474. The van der Waals surface area contributed by atoms with Crippen molar-refractivity contribution in [3.05, 3.63) is 0 Å². The largest absolute Gasteiger partial charge is 0.466 e. The fourth-order valence-corrected chi connectivity index (χ4v) is 1.90. The lowest BCUT2D eigenvalue weighted by Crippen LogP contribution is -2.30. The highest BCUT2D eigenvalue weighted by Gasteiger charge is 2.13. The van der Waals surface area contributed by atoms with E-state index in [0.717, 1.165) is 19.5 Å². The zero-order chi connectivity index (χ0) is 11.1. The summed E-state index contributed by atoms with van der Waals surface area (Å²) in [6, 6.07) is 0. The maximum atomic E-state index is 11.3. The van der Waals surface area contributed by atoms with E-state index in [-0.39, 0.29) is 5.97 Å². The Bertz CT molecular complexity index is 186. The second-order valence-electron chi connectivity index (χ2n) is 4.82. The van der Waals surface area contributed by atoms with Crippen molar-refractivity contribution in [1.82, 2.24) is 5.32 Å². The molecule has 1 N–H and O–H groups in total. The molecule has 0 saturated carbocycles. The van der Waals surface area contributed by atoms with Gasteiger partial charge in [-0.25, -0.2) is 0 Å². The highest BCUT2D eigenvalue weighted by atomic mass is 16.5. The maximum absolute atomic E-state index is 11.3. The van der Waals surface area contributed by atoms with Crippen LogP contribution in [-0.2, 0) is 9.53 Å². The molecule has 0 aromatic carbocycles. The molecule has 1 atom stereocenters. The molecule has 3 heteroatoms. The molecule has 0 spiro atoms. The summed E-state index contributed by atoms with van der Waals surface area (Å²) in [6.07, 6.45) is 4.08. The lowest BCUT2D eigenvalue weighted by atomic mass is 9.97. The van der Waals surface area contributed by atoms with Crippen molar-refractivity contribution in [2.75, 3.05) is 19.7 Å². The highest BCUT2D eigenvalue weighted by molar-refractivity contribution is 5.69. The molecule has 1 fully saturated rings. The summed E-state index contributed by atoms with van der Waals surface area (Å²) in [7, 11) is 0. The zero-order valence-electron chi connectivity index (χ0n) is 9.92. The van der Waals surface area contributed by atoms with E-state index in [1.54, 1.807) is 0 Å². The normalized spacial score (nSPS) is 21.7. The smallest absolute Gasteiger partial charge is 0.306 e. The minimum Gasteiger partial charge on any atom is -0.466 e. The van der Waals surface area contributed by atoms with Crippen LogP contribution in [0.4, 0.5) is 0 Å². The third-order valence-electron chi connectivity index (χ3n) is 2.76. The Labute approximate surface area is 92.6 Å². The van der Waals surface area contributed by atoms with E-state index in [0.29, 0.717) is 24.9 Å². The standard InChI is InChI=1S/C12H23NO2/c1-10(2)8-12(14)15-7-5-11-4-3-6-13-9-11/h10-11,13H,3-9H2,1-2H3/t11-/m0/s1. The average Bonchev–Trinajstić information content (AvgIpc) is 2.18. The number of hydrogen-bond donors (Lipinski definition) is 1. The van der Waals surface area contributed by atoms with Gasteiger partial charge >= 0.3 is 5.97 Å². The second-order valence-corrected chi connectivity index (χ2v) is 4.82. The molecule has 15 heavy (non-hydrogen) atoms. The van der Waals surface area contributed by atoms with Gasteiger partial charge in [-0.2, -0.15) is 0 Å². The molecule has 0 aliphatic carbocycles. The van der Waals surface area contributed by atoms with Crippen molar-refractivity contribution < 1.29 is 9.53 Å². The minimum atomic E-state index is -0.0474. The number of esters is 1. The van der Waals surface area contributed by atoms with Crippen LogP contribution in [0.15, 0.2) is 0 Å². The van der Waals surface area contributed by atoms with Gasteiger partial charge in [-0.15, -0.1) is 0 Å². The molecule has 1 heterocycles. The first kappa shape index (κ1) is 12.5. The molecular formula is C12H23NO2. The number of carbonyl (C=O) groups excluding carboxylic acids is 1. The van der Waals surface area contributed by atoms with Gasteiger partial charge < -0.3 is 10.1 Å². The molecule has 0 aromatic rings. The van der Waals surface area contributed by atoms with Crippen LogP contribution in [0.25, 0.3) is 0 Å². The van der Waals surface area contributed by atoms with Crippen LogP contribution in [0.5, 0.6) is 0 Å². The zero-order valence-corrected chi connectivity index (χ0v) is 9.92. The number of carbonyl (C=O) groups is 1. The molecule has 1 saturated heterocycles. The first-order chi connectivity index (χ1) is 7.18. The number of piperidine rings is 1. The first-order valence-electron chi connectivity index (χ1n) is 6.05. The molecule has 88 valence electrons. The summed E-state index contributed by atoms with van der Waals surface area (Å²) in [5.74, 6) is 1.05. The highest BCUT2D eigenvalue weighted by Crippen LogP contribution is 2.14. The third kappa shape index (κ3) is 5.78. The van der Waals surface area contributed by atoms with Gasteiger partial charge in [0, 0.05) is 6.42 Å². The van der Waals surface area contributed by atoms with Crippen molar-refractivity contribution in [2.24, 2.45) is 11.8 Å². The molecular weight excluding hydrogens is 190 g/mol. The SMILES string of the molecule is CC(C)CC(=O)OCC[C@@H]1CCCNC1. The summed E-state index contributed by atoms with van der Waals surface area (Å²) < 4.78 is 5.19. The first-order valence-corrected chi connectivity index (χ1v) is 6.05. The summed E-state index contributed by atoms with van der Waals surface area (Å²) in [6.45, 7) is 6.89. The number of hydrogen-bond acceptors (Lipinski definition) is 3. The summed E-state index contributed by atoms with van der Waals surface area (Å²) in [4.78, 5) is 11.3. The Kier molecular flexibility index (Phi) is 5.69. The quantitative estimate of drug-likeness (QED) is 0.710. The van der Waals surface area contributed by atoms with Gasteiger partial charge in [0.1, 0.15) is 0 Å². The van der Waals surface area contributed by atoms with Crippen LogP contribution in [0.1, 0.15) is 39.5 Å². The van der Waals surface area contributed by atoms with E-state index in [1.807, 2.05) is 13.8 Å². The van der Waals surface area contributed by atoms with Crippen LogP contribution >= 0.6 is 0 Å². The third-order valence-corrected chi connectivity index (χ3v) is 2.76. The van der Waals surface area contributed by atoms with Crippen molar-refractivity contribution in [2.45, 2.75) is 39.5 Å². The summed E-state index contributed by atoms with van der Waals surface area (Å²) >= 11 is 0. The molecule has 0 radical (unpaired) electrons. The topological polar surface area (TPSA) is 38.3 Å². The molecule has 0 aromatic heterocycles. The van der Waals surface area contributed by atoms with Gasteiger partial charge in [0.15, 0.2) is 0 Å². The molecule has 0 unspecified atom stereocenters. The van der Waals surface area contributed by atoms with E-state index in [9.17, 15) is 4.79 Å². The van der Waals surface area contributed by atoms with E-state index in [4.69, 9.17) is 4.74 Å². The maximum Gasteiger partial charge on any atom is 0.306 e. The van der Waals surface area contributed by atoms with Gasteiger partial charge in [0.2, 0.25) is 0 Å². The molecule has 1 rings (SSSR count). The molecule has 1 aliphatic heterocycles. The molecule has 3 nitrogen and oxygen atoms in total. The van der Waals surface area contributed by atoms with E-state index >= 15 is 0 Å². The lowest BCUT2D eigenvalue weighted by molar-refractivity contribution is -0.144. The Balaban J connectivity index is 2.02. The van der Waals surface area contributed by atoms with Crippen LogP contribution in [0.3, 0.4) is 0 Å². The van der Waals surface area contributed by atoms with Gasteiger partial charge in [-0.3, -0.25) is 4.79 Å². The Morgan fingerprint density at radius 1 is 1.53 bits per heavy atom. The molecule has 0 amide bonds. The molecule has 0 bridgehead atoms. The predicted molar refractivity (Wildman–Crippen MR) is 60.6 cm³/mol. The summed E-state index contributed by atoms with van der Waals surface area (Å²) in [5, 5.41) is 3.36. The average molecular weight is 213 g/mol. The van der Waals surface area contributed by atoms with E-state index < -0.39 is 0 Å². The Hall–Kier alpha value is -0.570. The Morgan fingerprint density at radius 3 is 2.93 bits per heavy atom. The fourth-order valence-electron chi connectivity index (χ4n) is 1.90. The van der Waals surface area contributed by atoms with Crippen molar-refractivity contribution in [3.63, 3.8) is 0 Å². The van der Waals surface area contributed by atoms with Gasteiger partial charge in [-0.1, -0.05) is 13.8 Å². The predicted octanol–water partition coefficient (Wildman–Crippen LogP) is 1.97. The number of nitrogens with one attached hydrogen (secondary N) is 1. The van der Waals surface area contributed by atoms with Crippen LogP contribution in [-0.4, -0.2) is 25.7 Å². The van der Waals surface area contributed by atoms with Crippen molar-refractivity contribution >= 4 is 5.97 Å². The van der Waals surface area contributed by atoms with Crippen LogP contribution in [0.2, 0.25) is 0 Å². The van der Waals surface area contributed by atoms with Crippen LogP contribution in [0, 0.1) is 11.8 Å². The van der Waals surface area contributed by atoms with Gasteiger partial charge in [0.25, 0.3) is 0 Å². The van der Waals surface area contributed by atoms with Crippen molar-refractivity contribution in [1.29, 1.82) is 0 Å². The Morgan fingerprint density at radius 2 is 2.33 bits per heavy atom.